The molecular formula is C11H15NO2S. The van der Waals surface area contributed by atoms with E-state index in [1.165, 1.54) is 4.88 Å². The summed E-state index contributed by atoms with van der Waals surface area (Å²) in [7, 11) is 0. The molecule has 2 atom stereocenters. The van der Waals surface area contributed by atoms with Crippen LogP contribution >= 0.6 is 11.3 Å². The molecule has 15 heavy (non-hydrogen) atoms. The lowest BCUT2D eigenvalue weighted by atomic mass is 10.1. The minimum atomic E-state index is -0.721. The van der Waals surface area contributed by atoms with Crippen LogP contribution in [0.4, 0.5) is 0 Å². The van der Waals surface area contributed by atoms with Gasteiger partial charge in [-0.25, -0.2) is 0 Å². The van der Waals surface area contributed by atoms with Gasteiger partial charge in [0.1, 0.15) is 6.04 Å². The summed E-state index contributed by atoms with van der Waals surface area (Å²) in [6.45, 7) is 2.02. The largest absolute Gasteiger partial charge is 0.480 e. The molecule has 0 aromatic carbocycles. The first-order valence-corrected chi connectivity index (χ1v) is 6.08. The number of aliphatic carboxylic acids is 1. The summed E-state index contributed by atoms with van der Waals surface area (Å²) < 4.78 is 0. The zero-order valence-corrected chi connectivity index (χ0v) is 9.46. The number of carboxylic acids is 1. The van der Waals surface area contributed by atoms with Gasteiger partial charge in [0.2, 0.25) is 0 Å². The van der Waals surface area contributed by atoms with Crippen molar-refractivity contribution < 1.29 is 9.90 Å². The average Bonchev–Trinajstić information content (AvgIpc) is 2.87. The van der Waals surface area contributed by atoms with Crippen LogP contribution in [0.25, 0.3) is 0 Å². The Kier molecular flexibility index (Phi) is 3.07. The van der Waals surface area contributed by atoms with Crippen molar-refractivity contribution in [2.75, 3.05) is 0 Å². The predicted octanol–water partition coefficient (Wildman–Crippen LogP) is 2.26. The van der Waals surface area contributed by atoms with Crippen molar-refractivity contribution in [3.63, 3.8) is 0 Å². The van der Waals surface area contributed by atoms with E-state index in [0.717, 1.165) is 12.8 Å². The minimum absolute atomic E-state index is 0.131. The quantitative estimate of drug-likeness (QED) is 0.808. The molecule has 0 radical (unpaired) electrons. The van der Waals surface area contributed by atoms with Crippen molar-refractivity contribution >= 4 is 17.3 Å². The Labute approximate surface area is 93.1 Å². The summed E-state index contributed by atoms with van der Waals surface area (Å²) in [6.07, 6.45) is 2.09. The van der Waals surface area contributed by atoms with Gasteiger partial charge in [-0.15, -0.1) is 11.3 Å². The molecule has 0 aliphatic heterocycles. The molecule has 1 aliphatic rings. The summed E-state index contributed by atoms with van der Waals surface area (Å²) in [6, 6.07) is 3.79. The first kappa shape index (κ1) is 10.6. The summed E-state index contributed by atoms with van der Waals surface area (Å²) in [5, 5.41) is 14.3. The van der Waals surface area contributed by atoms with Gasteiger partial charge in [-0.1, -0.05) is 6.07 Å². The van der Waals surface area contributed by atoms with Crippen LogP contribution in [-0.2, 0) is 4.79 Å². The fraction of sp³-hybridized carbons (Fsp3) is 0.545. The van der Waals surface area contributed by atoms with Crippen molar-refractivity contribution in [1.82, 2.24) is 5.32 Å². The van der Waals surface area contributed by atoms with Gasteiger partial charge in [-0.3, -0.25) is 10.1 Å². The first-order chi connectivity index (χ1) is 7.18. The smallest absolute Gasteiger partial charge is 0.321 e. The molecule has 2 rings (SSSR count). The third-order valence-corrected chi connectivity index (χ3v) is 3.81. The number of carbonyl (C=O) groups is 1. The van der Waals surface area contributed by atoms with Gasteiger partial charge < -0.3 is 5.11 Å². The fourth-order valence-electron chi connectivity index (χ4n) is 1.73. The van der Waals surface area contributed by atoms with Crippen molar-refractivity contribution in [2.24, 2.45) is 5.92 Å². The average molecular weight is 225 g/mol. The molecule has 0 amide bonds. The highest BCUT2D eigenvalue weighted by atomic mass is 32.1. The van der Waals surface area contributed by atoms with Crippen LogP contribution in [0, 0.1) is 5.92 Å². The SMILES string of the molecule is CC(NC(C(=O)O)C1CC1)c1cccs1. The molecule has 1 heterocycles. The zero-order chi connectivity index (χ0) is 10.8. The first-order valence-electron chi connectivity index (χ1n) is 5.20. The second-order valence-corrected chi connectivity index (χ2v) is 5.04. The Morgan fingerprint density at radius 1 is 1.67 bits per heavy atom. The van der Waals surface area contributed by atoms with E-state index in [9.17, 15) is 4.79 Å². The summed E-state index contributed by atoms with van der Waals surface area (Å²) in [4.78, 5) is 12.2. The van der Waals surface area contributed by atoms with Gasteiger partial charge in [0.25, 0.3) is 0 Å². The Bertz CT molecular complexity index is 332. The van der Waals surface area contributed by atoms with E-state index in [1.807, 2.05) is 24.4 Å². The third-order valence-electron chi connectivity index (χ3n) is 2.76. The second kappa shape index (κ2) is 4.33. The molecule has 1 aromatic heterocycles. The molecule has 3 nitrogen and oxygen atoms in total. The van der Waals surface area contributed by atoms with Gasteiger partial charge in [-0.2, -0.15) is 0 Å². The lowest BCUT2D eigenvalue weighted by molar-refractivity contribution is -0.140. The maximum Gasteiger partial charge on any atom is 0.321 e. The van der Waals surface area contributed by atoms with Crippen LogP contribution in [-0.4, -0.2) is 17.1 Å². The number of carboxylic acid groups (broad SMARTS) is 1. The molecular weight excluding hydrogens is 210 g/mol. The van der Waals surface area contributed by atoms with Crippen LogP contribution in [0.5, 0.6) is 0 Å². The number of hydrogen-bond donors (Lipinski definition) is 2. The van der Waals surface area contributed by atoms with Crippen molar-refractivity contribution in [1.29, 1.82) is 0 Å². The number of rotatable bonds is 5. The van der Waals surface area contributed by atoms with E-state index >= 15 is 0 Å². The van der Waals surface area contributed by atoms with Gasteiger partial charge in [0.05, 0.1) is 0 Å². The second-order valence-electron chi connectivity index (χ2n) is 4.06. The molecule has 4 heteroatoms. The van der Waals surface area contributed by atoms with Gasteiger partial charge in [0.15, 0.2) is 0 Å². The third kappa shape index (κ3) is 2.58. The number of thiophene rings is 1. The molecule has 1 saturated carbocycles. The summed E-state index contributed by atoms with van der Waals surface area (Å²) in [5.74, 6) is -0.384. The van der Waals surface area contributed by atoms with Crippen LogP contribution in [0.2, 0.25) is 0 Å². The molecule has 1 aromatic rings. The van der Waals surface area contributed by atoms with Crippen molar-refractivity contribution in [3.8, 4) is 0 Å². The Morgan fingerprint density at radius 3 is 2.87 bits per heavy atom. The van der Waals surface area contributed by atoms with Crippen LogP contribution in [0.3, 0.4) is 0 Å². The summed E-state index contributed by atoms with van der Waals surface area (Å²) >= 11 is 1.66. The molecule has 1 aliphatic carbocycles. The van der Waals surface area contributed by atoms with E-state index < -0.39 is 5.97 Å². The van der Waals surface area contributed by atoms with Gasteiger partial charge in [0, 0.05) is 10.9 Å². The molecule has 82 valence electrons. The van der Waals surface area contributed by atoms with Crippen molar-refractivity contribution in [3.05, 3.63) is 22.4 Å². The standard InChI is InChI=1S/C11H15NO2S/c1-7(9-3-2-6-15-9)12-10(11(13)14)8-4-5-8/h2-3,6-8,10,12H,4-5H2,1H3,(H,13,14). The van der Waals surface area contributed by atoms with E-state index in [-0.39, 0.29) is 12.1 Å². The Hall–Kier alpha value is -0.870. The van der Waals surface area contributed by atoms with Crippen LogP contribution in [0.1, 0.15) is 30.7 Å². The minimum Gasteiger partial charge on any atom is -0.480 e. The predicted molar refractivity (Wildman–Crippen MR) is 60.0 cm³/mol. The van der Waals surface area contributed by atoms with E-state index in [4.69, 9.17) is 5.11 Å². The maximum absolute atomic E-state index is 11.0. The Morgan fingerprint density at radius 2 is 2.40 bits per heavy atom. The Balaban J connectivity index is 1.97. The van der Waals surface area contributed by atoms with E-state index in [0.29, 0.717) is 5.92 Å². The molecule has 0 bridgehead atoms. The zero-order valence-electron chi connectivity index (χ0n) is 8.64. The van der Waals surface area contributed by atoms with Gasteiger partial charge in [-0.05, 0) is 37.1 Å². The molecule has 2 unspecified atom stereocenters. The topological polar surface area (TPSA) is 49.3 Å². The lowest BCUT2D eigenvalue weighted by Gasteiger charge is -2.18. The monoisotopic (exact) mass is 225 g/mol. The number of nitrogens with one attached hydrogen (secondary N) is 1. The normalized spacial score (nSPS) is 19.8. The maximum atomic E-state index is 11.0. The lowest BCUT2D eigenvalue weighted by Crippen LogP contribution is -2.39. The van der Waals surface area contributed by atoms with E-state index in [2.05, 4.69) is 5.32 Å². The molecule has 1 fully saturated rings. The fourth-order valence-corrected chi connectivity index (χ4v) is 2.47. The highest BCUT2D eigenvalue weighted by molar-refractivity contribution is 7.10. The highest BCUT2D eigenvalue weighted by Gasteiger charge is 2.36. The van der Waals surface area contributed by atoms with Crippen LogP contribution < -0.4 is 5.32 Å². The molecule has 0 saturated heterocycles. The molecule has 2 N–H and O–H groups in total. The van der Waals surface area contributed by atoms with Gasteiger partial charge >= 0.3 is 5.97 Å². The van der Waals surface area contributed by atoms with Crippen LogP contribution in [0.15, 0.2) is 17.5 Å². The summed E-state index contributed by atoms with van der Waals surface area (Å²) in [5.41, 5.74) is 0. The molecule has 0 spiro atoms. The van der Waals surface area contributed by atoms with E-state index in [1.54, 1.807) is 11.3 Å². The number of hydrogen-bond acceptors (Lipinski definition) is 3. The van der Waals surface area contributed by atoms with Crippen molar-refractivity contribution in [2.45, 2.75) is 31.8 Å². The highest BCUT2D eigenvalue weighted by Crippen LogP contribution is 2.34.